The normalized spacial score (nSPS) is 23.0. The molecule has 2 rings (SSSR count). The Kier molecular flexibility index (Phi) is 4.21. The zero-order valence-electron chi connectivity index (χ0n) is 9.94. The average Bonchev–Trinajstić information content (AvgIpc) is 2.79. The summed E-state index contributed by atoms with van der Waals surface area (Å²) in [5, 5.41) is 15.7. The van der Waals surface area contributed by atoms with Crippen LogP contribution in [0.15, 0.2) is 22.7 Å². The maximum absolute atomic E-state index is 12.1. The summed E-state index contributed by atoms with van der Waals surface area (Å²) in [5.74, 6) is -0.333. The fourth-order valence-electron chi connectivity index (χ4n) is 1.98. The second kappa shape index (κ2) is 5.69. The Morgan fingerprint density at radius 3 is 3.06 bits per heavy atom. The zero-order chi connectivity index (χ0) is 13.1. The van der Waals surface area contributed by atoms with Gasteiger partial charge in [0, 0.05) is 24.7 Å². The monoisotopic (exact) mass is 314 g/mol. The number of phenolic OH excluding ortho intramolecular Hbond substituents is 1. The van der Waals surface area contributed by atoms with E-state index in [9.17, 15) is 9.90 Å². The minimum Gasteiger partial charge on any atom is -0.507 e. The summed E-state index contributed by atoms with van der Waals surface area (Å²) in [6.45, 7) is 1.38. The highest BCUT2D eigenvalue weighted by Gasteiger charge is 2.29. The van der Waals surface area contributed by atoms with E-state index >= 15 is 0 Å². The van der Waals surface area contributed by atoms with Crippen LogP contribution in [-0.2, 0) is 4.74 Å². The molecule has 0 aliphatic carbocycles. The number of carbonyl (C=O) groups excluding carboxylic acids is 1. The minimum absolute atomic E-state index is 0.0318. The molecule has 1 saturated heterocycles. The molecule has 1 aliphatic rings. The number of rotatable bonds is 3. The second-order valence-electron chi connectivity index (χ2n) is 4.17. The van der Waals surface area contributed by atoms with Gasteiger partial charge in [-0.05, 0) is 18.2 Å². The van der Waals surface area contributed by atoms with Gasteiger partial charge in [0.15, 0.2) is 0 Å². The molecule has 18 heavy (non-hydrogen) atoms. The van der Waals surface area contributed by atoms with E-state index < -0.39 is 0 Å². The molecule has 0 aromatic heterocycles. The fourth-order valence-corrected chi connectivity index (χ4v) is 2.34. The Bertz CT molecular complexity index is 453. The smallest absolute Gasteiger partial charge is 0.255 e. The zero-order valence-corrected chi connectivity index (χ0v) is 11.5. The van der Waals surface area contributed by atoms with E-state index in [1.165, 1.54) is 6.07 Å². The number of hydrogen-bond acceptors (Lipinski definition) is 4. The fraction of sp³-hybridized carbons (Fsp3) is 0.417. The van der Waals surface area contributed by atoms with Crippen molar-refractivity contribution in [2.24, 2.45) is 0 Å². The summed E-state index contributed by atoms with van der Waals surface area (Å²) >= 11 is 3.27. The lowest BCUT2D eigenvalue weighted by molar-refractivity contribution is 0.0778. The van der Waals surface area contributed by atoms with Crippen molar-refractivity contribution in [1.82, 2.24) is 10.6 Å². The van der Waals surface area contributed by atoms with Crippen LogP contribution in [0.1, 0.15) is 10.4 Å². The quantitative estimate of drug-likeness (QED) is 0.774. The van der Waals surface area contributed by atoms with Crippen molar-refractivity contribution in [2.75, 3.05) is 20.2 Å². The van der Waals surface area contributed by atoms with E-state index in [2.05, 4.69) is 26.6 Å². The maximum atomic E-state index is 12.1. The van der Waals surface area contributed by atoms with Crippen molar-refractivity contribution in [1.29, 1.82) is 0 Å². The van der Waals surface area contributed by atoms with Crippen LogP contribution in [0.3, 0.4) is 0 Å². The number of hydrogen-bond donors (Lipinski definition) is 3. The number of phenols is 1. The molecule has 1 aromatic carbocycles. The van der Waals surface area contributed by atoms with Crippen LogP contribution in [-0.4, -0.2) is 43.4 Å². The van der Waals surface area contributed by atoms with Crippen LogP contribution in [0.2, 0.25) is 0 Å². The largest absolute Gasteiger partial charge is 0.507 e. The minimum atomic E-state index is -0.301. The van der Waals surface area contributed by atoms with Crippen LogP contribution < -0.4 is 10.6 Å². The lowest BCUT2D eigenvalue weighted by Gasteiger charge is -2.18. The number of halogens is 1. The molecule has 98 valence electrons. The highest BCUT2D eigenvalue weighted by molar-refractivity contribution is 9.10. The van der Waals surface area contributed by atoms with E-state index in [0.29, 0.717) is 13.1 Å². The van der Waals surface area contributed by atoms with Crippen LogP contribution in [0.4, 0.5) is 0 Å². The highest BCUT2D eigenvalue weighted by Crippen LogP contribution is 2.22. The van der Waals surface area contributed by atoms with E-state index in [-0.39, 0.29) is 29.4 Å². The number of methoxy groups -OCH3 is 1. The predicted octanol–water partition coefficient (Wildman–Crippen LogP) is 0.871. The van der Waals surface area contributed by atoms with Gasteiger partial charge in [0.1, 0.15) is 5.75 Å². The molecule has 3 N–H and O–H groups in total. The summed E-state index contributed by atoms with van der Waals surface area (Å²) in [5.41, 5.74) is 0.256. The van der Waals surface area contributed by atoms with Crippen molar-refractivity contribution in [2.45, 2.75) is 12.1 Å². The molecule has 1 heterocycles. The molecule has 0 radical (unpaired) electrons. The second-order valence-corrected chi connectivity index (χ2v) is 5.09. The van der Waals surface area contributed by atoms with Gasteiger partial charge in [0.05, 0.1) is 17.7 Å². The Morgan fingerprint density at radius 2 is 2.33 bits per heavy atom. The van der Waals surface area contributed by atoms with E-state index in [1.54, 1.807) is 19.2 Å². The summed E-state index contributed by atoms with van der Waals surface area (Å²) in [4.78, 5) is 12.1. The van der Waals surface area contributed by atoms with Gasteiger partial charge in [0.25, 0.3) is 5.91 Å². The van der Waals surface area contributed by atoms with Crippen LogP contribution in [0.25, 0.3) is 0 Å². The molecule has 1 amide bonds. The first-order chi connectivity index (χ1) is 8.61. The Balaban J connectivity index is 2.09. The standard InChI is InChI=1S/C12H15BrN2O3/c1-18-11-6-14-5-9(11)15-12(17)8-4-7(13)2-3-10(8)16/h2-4,9,11,14,16H,5-6H2,1H3,(H,15,17)/t9?,11-/m0/s1. The first-order valence-corrected chi connectivity index (χ1v) is 6.44. The number of amides is 1. The molecular formula is C12H15BrN2O3. The van der Waals surface area contributed by atoms with Crippen molar-refractivity contribution in [3.63, 3.8) is 0 Å². The third-order valence-corrected chi connectivity index (χ3v) is 3.47. The van der Waals surface area contributed by atoms with Gasteiger partial charge in [-0.1, -0.05) is 15.9 Å². The third kappa shape index (κ3) is 2.82. The van der Waals surface area contributed by atoms with Crippen LogP contribution >= 0.6 is 15.9 Å². The lowest BCUT2D eigenvalue weighted by Crippen LogP contribution is -2.43. The Hall–Kier alpha value is -1.11. The van der Waals surface area contributed by atoms with Crippen LogP contribution in [0.5, 0.6) is 5.75 Å². The van der Waals surface area contributed by atoms with Gasteiger partial charge < -0.3 is 20.5 Å². The van der Waals surface area contributed by atoms with Crippen molar-refractivity contribution >= 4 is 21.8 Å². The Labute approximate surface area is 114 Å². The van der Waals surface area contributed by atoms with Crippen molar-refractivity contribution in [3.8, 4) is 5.75 Å². The first kappa shape index (κ1) is 13.3. The number of benzene rings is 1. The number of nitrogens with one attached hydrogen (secondary N) is 2. The van der Waals surface area contributed by atoms with Gasteiger partial charge in [-0.25, -0.2) is 0 Å². The molecule has 2 atom stereocenters. The predicted molar refractivity (Wildman–Crippen MR) is 70.7 cm³/mol. The highest BCUT2D eigenvalue weighted by atomic mass is 79.9. The van der Waals surface area contributed by atoms with Crippen molar-refractivity contribution < 1.29 is 14.6 Å². The molecule has 5 nitrogen and oxygen atoms in total. The summed E-state index contributed by atoms with van der Waals surface area (Å²) in [6.07, 6.45) is -0.0387. The molecule has 0 saturated carbocycles. The Morgan fingerprint density at radius 1 is 1.56 bits per heavy atom. The molecule has 0 bridgehead atoms. The van der Waals surface area contributed by atoms with Gasteiger partial charge in [-0.15, -0.1) is 0 Å². The third-order valence-electron chi connectivity index (χ3n) is 2.98. The van der Waals surface area contributed by atoms with Gasteiger partial charge in [-0.3, -0.25) is 4.79 Å². The van der Waals surface area contributed by atoms with Gasteiger partial charge in [-0.2, -0.15) is 0 Å². The van der Waals surface area contributed by atoms with Gasteiger partial charge in [0.2, 0.25) is 0 Å². The summed E-state index contributed by atoms with van der Waals surface area (Å²) in [6, 6.07) is 4.68. The number of ether oxygens (including phenoxy) is 1. The molecule has 0 spiro atoms. The van der Waals surface area contributed by atoms with Crippen LogP contribution in [0, 0.1) is 0 Å². The SMILES string of the molecule is CO[C@H]1CNCC1NC(=O)c1cc(Br)ccc1O. The summed E-state index contributed by atoms with van der Waals surface area (Å²) < 4.78 is 6.01. The molecular weight excluding hydrogens is 300 g/mol. The topological polar surface area (TPSA) is 70.6 Å². The van der Waals surface area contributed by atoms with E-state index in [0.717, 1.165) is 4.47 Å². The van der Waals surface area contributed by atoms with E-state index in [4.69, 9.17) is 4.74 Å². The van der Waals surface area contributed by atoms with Gasteiger partial charge >= 0.3 is 0 Å². The molecule has 1 fully saturated rings. The molecule has 1 aromatic rings. The maximum Gasteiger partial charge on any atom is 0.255 e. The lowest BCUT2D eigenvalue weighted by atomic mass is 10.1. The summed E-state index contributed by atoms with van der Waals surface area (Å²) in [7, 11) is 1.62. The number of aromatic hydroxyl groups is 1. The molecule has 6 heteroatoms. The first-order valence-electron chi connectivity index (χ1n) is 5.64. The van der Waals surface area contributed by atoms with E-state index in [1.807, 2.05) is 0 Å². The number of carbonyl (C=O) groups is 1. The molecule has 1 aliphatic heterocycles. The molecule has 1 unspecified atom stereocenters. The van der Waals surface area contributed by atoms with Crippen molar-refractivity contribution in [3.05, 3.63) is 28.2 Å². The average molecular weight is 315 g/mol.